The van der Waals surface area contributed by atoms with E-state index in [4.69, 9.17) is 0 Å². The zero-order valence-electron chi connectivity index (χ0n) is 15.0. The van der Waals surface area contributed by atoms with E-state index < -0.39 is 11.6 Å². The summed E-state index contributed by atoms with van der Waals surface area (Å²) in [5, 5.41) is 2.57. The highest BCUT2D eigenvalue weighted by Crippen LogP contribution is 2.16. The molecule has 0 atom stereocenters. The maximum absolute atomic E-state index is 13.7. The molecule has 0 spiro atoms. The minimum Gasteiger partial charge on any atom is -0.325 e. The Bertz CT molecular complexity index is 514. The molecule has 142 valence electrons. The molecule has 0 aliphatic rings. The molecule has 1 N–H and O–H groups in total. The van der Waals surface area contributed by atoms with Gasteiger partial charge in [0.1, 0.15) is 11.6 Å². The first-order chi connectivity index (χ1) is 12.1. The van der Waals surface area contributed by atoms with Gasteiger partial charge in [-0.1, -0.05) is 61.6 Å². The summed E-state index contributed by atoms with van der Waals surface area (Å²) in [5.74, 6) is -1.40. The molecule has 0 aliphatic carbocycles. The summed E-state index contributed by atoms with van der Waals surface area (Å²) in [4.78, 5) is 14.2. The van der Waals surface area contributed by atoms with Crippen LogP contribution in [0.5, 0.6) is 0 Å². The third-order valence-electron chi connectivity index (χ3n) is 4.05. The molecule has 25 heavy (non-hydrogen) atoms. The average molecular weight is 466 g/mol. The van der Waals surface area contributed by atoms with Gasteiger partial charge in [0.2, 0.25) is 0 Å². The molecule has 0 bridgehead atoms. The number of anilines is 1. The molecular formula is C19H29F2IN2O. The van der Waals surface area contributed by atoms with Gasteiger partial charge in [0.25, 0.3) is 0 Å². The molecule has 0 unspecified atom stereocenters. The standard InChI is InChI=1S/C19H29F2IN2O/c1-2-3-4-5-8-13-24(14-9-6-7-12-22)19(25)23-18-11-10-16(20)15-17(18)21/h10-11,15H,2-9,12-14H2,1H3,(H,23,25). The van der Waals surface area contributed by atoms with Gasteiger partial charge >= 0.3 is 6.03 Å². The van der Waals surface area contributed by atoms with Crippen LogP contribution in [0.2, 0.25) is 0 Å². The van der Waals surface area contributed by atoms with Gasteiger partial charge in [-0.15, -0.1) is 0 Å². The lowest BCUT2D eigenvalue weighted by Gasteiger charge is -2.23. The van der Waals surface area contributed by atoms with E-state index in [9.17, 15) is 13.6 Å². The molecule has 0 aromatic heterocycles. The lowest BCUT2D eigenvalue weighted by Crippen LogP contribution is -2.36. The Morgan fingerprint density at radius 1 is 1.04 bits per heavy atom. The summed E-state index contributed by atoms with van der Waals surface area (Å²) in [6.45, 7) is 3.51. The normalized spacial score (nSPS) is 10.7. The maximum Gasteiger partial charge on any atom is 0.321 e. The number of hydrogen-bond donors (Lipinski definition) is 1. The number of nitrogens with zero attached hydrogens (tertiary/aromatic N) is 1. The number of hydrogen-bond acceptors (Lipinski definition) is 1. The second-order valence-corrected chi connectivity index (χ2v) is 7.28. The highest BCUT2D eigenvalue weighted by molar-refractivity contribution is 14.1. The number of carbonyl (C=O) groups is 1. The maximum atomic E-state index is 13.7. The van der Waals surface area contributed by atoms with E-state index in [0.717, 1.165) is 48.7 Å². The van der Waals surface area contributed by atoms with Gasteiger partial charge in [-0.3, -0.25) is 0 Å². The zero-order chi connectivity index (χ0) is 18.5. The summed E-state index contributed by atoms with van der Waals surface area (Å²) >= 11 is 2.35. The van der Waals surface area contributed by atoms with E-state index in [2.05, 4.69) is 34.8 Å². The Morgan fingerprint density at radius 3 is 2.28 bits per heavy atom. The summed E-state index contributed by atoms with van der Waals surface area (Å²) in [5.41, 5.74) is 0.0228. The molecule has 1 aromatic rings. The average Bonchev–Trinajstić information content (AvgIpc) is 2.59. The fourth-order valence-corrected chi connectivity index (χ4v) is 3.12. The van der Waals surface area contributed by atoms with Crippen molar-refractivity contribution in [1.29, 1.82) is 0 Å². The first-order valence-electron chi connectivity index (χ1n) is 9.15. The Kier molecular flexibility index (Phi) is 11.8. The van der Waals surface area contributed by atoms with Gasteiger partial charge in [-0.05, 0) is 35.8 Å². The van der Waals surface area contributed by atoms with Gasteiger partial charge < -0.3 is 10.2 Å². The van der Waals surface area contributed by atoms with E-state index in [1.54, 1.807) is 4.90 Å². The monoisotopic (exact) mass is 466 g/mol. The van der Waals surface area contributed by atoms with Crippen molar-refractivity contribution in [2.75, 3.05) is 22.8 Å². The van der Waals surface area contributed by atoms with E-state index in [0.29, 0.717) is 13.1 Å². The largest absolute Gasteiger partial charge is 0.325 e. The van der Waals surface area contributed by atoms with Crippen molar-refractivity contribution in [3.8, 4) is 0 Å². The van der Waals surface area contributed by atoms with Crippen LogP contribution in [0, 0.1) is 11.6 Å². The number of nitrogens with one attached hydrogen (secondary N) is 1. The van der Waals surface area contributed by atoms with E-state index in [1.165, 1.54) is 25.3 Å². The third-order valence-corrected chi connectivity index (χ3v) is 4.82. The summed E-state index contributed by atoms with van der Waals surface area (Å²) < 4.78 is 27.8. The first-order valence-corrected chi connectivity index (χ1v) is 10.7. The van der Waals surface area contributed by atoms with Crippen molar-refractivity contribution in [1.82, 2.24) is 4.90 Å². The third kappa shape index (κ3) is 9.37. The van der Waals surface area contributed by atoms with Crippen LogP contribution in [-0.4, -0.2) is 28.4 Å². The van der Waals surface area contributed by atoms with Crippen molar-refractivity contribution in [2.45, 2.75) is 58.3 Å². The number of urea groups is 1. The van der Waals surface area contributed by atoms with Crippen LogP contribution in [0.15, 0.2) is 18.2 Å². The Morgan fingerprint density at radius 2 is 1.68 bits per heavy atom. The van der Waals surface area contributed by atoms with Gasteiger partial charge in [-0.2, -0.15) is 0 Å². The SMILES string of the molecule is CCCCCCCN(CCCCCI)C(=O)Nc1ccc(F)cc1F. The van der Waals surface area contributed by atoms with Gasteiger partial charge in [0.05, 0.1) is 5.69 Å². The lowest BCUT2D eigenvalue weighted by atomic mass is 10.1. The van der Waals surface area contributed by atoms with Crippen molar-refractivity contribution in [2.24, 2.45) is 0 Å². The minimum absolute atomic E-state index is 0.0228. The molecule has 0 saturated heterocycles. The number of halogens is 3. The van der Waals surface area contributed by atoms with Crippen LogP contribution in [0.1, 0.15) is 58.3 Å². The Hall–Kier alpha value is -0.920. The molecule has 3 nitrogen and oxygen atoms in total. The van der Waals surface area contributed by atoms with Gasteiger partial charge in [-0.25, -0.2) is 13.6 Å². The van der Waals surface area contributed by atoms with Crippen LogP contribution in [0.3, 0.4) is 0 Å². The number of rotatable bonds is 12. The van der Waals surface area contributed by atoms with Crippen LogP contribution < -0.4 is 5.32 Å². The summed E-state index contributed by atoms with van der Waals surface area (Å²) in [6, 6.07) is 2.88. The molecule has 6 heteroatoms. The minimum atomic E-state index is -0.749. The molecule has 0 aliphatic heterocycles. The second-order valence-electron chi connectivity index (χ2n) is 6.21. The predicted octanol–water partition coefficient (Wildman–Crippen LogP) is 6.37. The molecule has 0 radical (unpaired) electrons. The van der Waals surface area contributed by atoms with Gasteiger partial charge in [0, 0.05) is 19.2 Å². The van der Waals surface area contributed by atoms with E-state index >= 15 is 0 Å². The first kappa shape index (κ1) is 22.1. The zero-order valence-corrected chi connectivity index (χ0v) is 17.2. The van der Waals surface area contributed by atoms with Crippen molar-refractivity contribution in [3.05, 3.63) is 29.8 Å². The Balaban J connectivity index is 2.56. The fraction of sp³-hybridized carbons (Fsp3) is 0.632. The lowest BCUT2D eigenvalue weighted by molar-refractivity contribution is 0.209. The smallest absolute Gasteiger partial charge is 0.321 e. The number of unbranched alkanes of at least 4 members (excludes halogenated alkanes) is 6. The molecule has 0 heterocycles. The number of carbonyl (C=O) groups excluding carboxylic acids is 1. The molecule has 0 fully saturated rings. The predicted molar refractivity (Wildman–Crippen MR) is 108 cm³/mol. The van der Waals surface area contributed by atoms with Crippen LogP contribution in [-0.2, 0) is 0 Å². The van der Waals surface area contributed by atoms with Crippen molar-refractivity contribution < 1.29 is 13.6 Å². The topological polar surface area (TPSA) is 32.3 Å². The molecule has 1 aromatic carbocycles. The van der Waals surface area contributed by atoms with Crippen molar-refractivity contribution >= 4 is 34.3 Å². The Labute approximate surface area is 163 Å². The molecule has 0 saturated carbocycles. The summed E-state index contributed by atoms with van der Waals surface area (Å²) in [6.07, 6.45) is 8.77. The highest BCUT2D eigenvalue weighted by atomic mass is 127. The second kappa shape index (κ2) is 13.3. The van der Waals surface area contributed by atoms with Crippen molar-refractivity contribution in [3.63, 3.8) is 0 Å². The van der Waals surface area contributed by atoms with Crippen LogP contribution in [0.4, 0.5) is 19.3 Å². The highest BCUT2D eigenvalue weighted by Gasteiger charge is 2.15. The number of benzene rings is 1. The van der Waals surface area contributed by atoms with E-state index in [1.807, 2.05) is 0 Å². The van der Waals surface area contributed by atoms with E-state index in [-0.39, 0.29) is 11.7 Å². The number of alkyl halides is 1. The molecule has 2 amide bonds. The van der Waals surface area contributed by atoms with Crippen LogP contribution >= 0.6 is 22.6 Å². The quantitative estimate of drug-likeness (QED) is 0.217. The number of amides is 2. The molecular weight excluding hydrogens is 437 g/mol. The molecule has 1 rings (SSSR count). The van der Waals surface area contributed by atoms with Crippen LogP contribution in [0.25, 0.3) is 0 Å². The summed E-state index contributed by atoms with van der Waals surface area (Å²) in [7, 11) is 0. The fourth-order valence-electron chi connectivity index (χ4n) is 2.58. The van der Waals surface area contributed by atoms with Gasteiger partial charge in [0.15, 0.2) is 0 Å².